The number of rotatable bonds is 1. The predicted octanol–water partition coefficient (Wildman–Crippen LogP) is 4.33. The minimum atomic E-state index is -4.53. The van der Waals surface area contributed by atoms with Crippen molar-refractivity contribution in [3.63, 3.8) is 0 Å². The molecule has 0 saturated carbocycles. The first-order valence-corrected chi connectivity index (χ1v) is 5.68. The quantitative estimate of drug-likeness (QED) is 0.835. The zero-order chi connectivity index (χ0) is 13.3. The molecule has 0 spiro atoms. The number of aromatic nitrogens is 1. The fourth-order valence-electron chi connectivity index (χ4n) is 1.60. The molecule has 0 amide bonds. The maximum absolute atomic E-state index is 12.7. The third-order valence-electron chi connectivity index (χ3n) is 2.40. The fourth-order valence-corrected chi connectivity index (χ4v) is 2.21. The van der Waals surface area contributed by atoms with Gasteiger partial charge in [0.25, 0.3) is 0 Å². The Morgan fingerprint density at radius 3 is 2.28 bits per heavy atom. The zero-order valence-electron chi connectivity index (χ0n) is 8.85. The molecule has 2 aromatic rings. The molecule has 1 aromatic carbocycles. The van der Waals surface area contributed by atoms with Gasteiger partial charge in [0, 0.05) is 0 Å². The average molecular weight is 315 g/mol. The first kappa shape index (κ1) is 12.7. The summed E-state index contributed by atoms with van der Waals surface area (Å²) in [6.07, 6.45) is -4.53. The second-order valence-electron chi connectivity index (χ2n) is 3.54. The van der Waals surface area contributed by atoms with Crippen LogP contribution in [0.15, 0.2) is 34.8 Å². The lowest BCUT2D eigenvalue weighted by atomic mass is 10.1. The first-order valence-electron chi connectivity index (χ1n) is 4.89. The lowest BCUT2D eigenvalue weighted by Gasteiger charge is -2.03. The topological polar surface area (TPSA) is 39.6 Å². The van der Waals surface area contributed by atoms with E-state index in [0.717, 1.165) is 0 Å². The summed E-state index contributed by atoms with van der Waals surface area (Å²) in [5, 5.41) is 8.97. The van der Waals surface area contributed by atoms with Crippen molar-refractivity contribution in [1.82, 2.24) is 4.98 Å². The van der Waals surface area contributed by atoms with Gasteiger partial charge in [-0.25, -0.2) is 0 Å². The van der Waals surface area contributed by atoms with Crippen molar-refractivity contribution in [3.05, 3.63) is 46.1 Å². The monoisotopic (exact) mass is 314 g/mol. The molecule has 0 radical (unpaired) electrons. The van der Waals surface area contributed by atoms with Crippen LogP contribution in [0, 0.1) is 11.3 Å². The molecule has 18 heavy (non-hydrogen) atoms. The molecule has 1 N–H and O–H groups in total. The zero-order valence-corrected chi connectivity index (χ0v) is 10.4. The molecular formula is C12H6BrF3N2. The number of aromatic amines is 1. The number of benzene rings is 1. The number of hydrogen-bond donors (Lipinski definition) is 1. The summed E-state index contributed by atoms with van der Waals surface area (Å²) in [4.78, 5) is 2.26. The molecular weight excluding hydrogens is 309 g/mol. The molecule has 0 atom stereocenters. The number of nitriles is 1. The number of hydrogen-bond acceptors (Lipinski definition) is 1. The van der Waals surface area contributed by atoms with Crippen LogP contribution in [0.5, 0.6) is 0 Å². The summed E-state index contributed by atoms with van der Waals surface area (Å²) in [6, 6.07) is 10.2. The summed E-state index contributed by atoms with van der Waals surface area (Å²) >= 11 is 2.82. The highest BCUT2D eigenvalue weighted by Crippen LogP contribution is 2.40. The Balaban J connectivity index is 2.67. The van der Waals surface area contributed by atoms with Gasteiger partial charge < -0.3 is 4.98 Å². The van der Waals surface area contributed by atoms with Gasteiger partial charge in [0.05, 0.1) is 15.7 Å². The van der Waals surface area contributed by atoms with Crippen LogP contribution in [0.4, 0.5) is 13.2 Å². The Hall–Kier alpha value is -1.74. The molecule has 2 rings (SSSR count). The lowest BCUT2D eigenvalue weighted by molar-refractivity contribution is -0.141. The Bertz CT molecular complexity index is 609. The number of nitrogens with zero attached hydrogens (tertiary/aromatic N) is 1. The van der Waals surface area contributed by atoms with Crippen molar-refractivity contribution in [2.45, 2.75) is 6.18 Å². The third kappa shape index (κ3) is 2.14. The fraction of sp³-hybridized carbons (Fsp3) is 0.0833. The van der Waals surface area contributed by atoms with Crippen LogP contribution in [0.3, 0.4) is 0 Å². The molecule has 0 bridgehead atoms. The summed E-state index contributed by atoms with van der Waals surface area (Å²) < 4.78 is 37.9. The van der Waals surface area contributed by atoms with Crippen molar-refractivity contribution in [2.75, 3.05) is 0 Å². The van der Waals surface area contributed by atoms with E-state index in [-0.39, 0.29) is 15.7 Å². The molecule has 1 aromatic heterocycles. The molecule has 1 heterocycles. The number of alkyl halides is 3. The summed E-state index contributed by atoms with van der Waals surface area (Å²) in [5.74, 6) is 0. The average Bonchev–Trinajstić information content (AvgIpc) is 2.67. The number of H-pyrrole nitrogens is 1. The Morgan fingerprint density at radius 2 is 1.78 bits per heavy atom. The minimum Gasteiger partial charge on any atom is -0.349 e. The van der Waals surface area contributed by atoms with Gasteiger partial charge in [-0.2, -0.15) is 18.4 Å². The van der Waals surface area contributed by atoms with Gasteiger partial charge in [-0.15, -0.1) is 0 Å². The van der Waals surface area contributed by atoms with Gasteiger partial charge in [0.2, 0.25) is 0 Å². The maximum Gasteiger partial charge on any atom is 0.432 e. The van der Waals surface area contributed by atoms with E-state index in [9.17, 15) is 13.2 Å². The highest BCUT2D eigenvalue weighted by molar-refractivity contribution is 9.10. The van der Waals surface area contributed by atoms with Crippen LogP contribution in [-0.4, -0.2) is 4.98 Å². The third-order valence-corrected chi connectivity index (χ3v) is 3.19. The molecule has 0 fully saturated rings. The summed E-state index contributed by atoms with van der Waals surface area (Å²) in [7, 11) is 0. The van der Waals surface area contributed by atoms with E-state index in [2.05, 4.69) is 20.9 Å². The second kappa shape index (κ2) is 4.50. The van der Waals surface area contributed by atoms with Gasteiger partial charge in [-0.3, -0.25) is 0 Å². The standard InChI is InChI=1S/C12H6BrF3N2/c13-9-8(6-17)10(7-4-2-1-3-5-7)18-11(9)12(14,15)16/h1-5,18H. The molecule has 6 heteroatoms. The van der Waals surface area contributed by atoms with Gasteiger partial charge in [-0.05, 0) is 21.5 Å². The van der Waals surface area contributed by atoms with E-state index < -0.39 is 11.9 Å². The van der Waals surface area contributed by atoms with Gasteiger partial charge in [0.15, 0.2) is 0 Å². The van der Waals surface area contributed by atoms with Crippen LogP contribution in [0.25, 0.3) is 11.3 Å². The van der Waals surface area contributed by atoms with Crippen LogP contribution in [-0.2, 0) is 6.18 Å². The van der Waals surface area contributed by atoms with E-state index in [1.54, 1.807) is 36.4 Å². The molecule has 0 aliphatic carbocycles. The van der Waals surface area contributed by atoms with E-state index in [1.165, 1.54) is 0 Å². The van der Waals surface area contributed by atoms with Crippen molar-refractivity contribution in [3.8, 4) is 17.3 Å². The molecule has 0 aliphatic rings. The van der Waals surface area contributed by atoms with Crippen molar-refractivity contribution in [2.24, 2.45) is 0 Å². The molecule has 0 saturated heterocycles. The van der Waals surface area contributed by atoms with E-state index in [4.69, 9.17) is 5.26 Å². The normalized spacial score (nSPS) is 11.3. The van der Waals surface area contributed by atoms with Gasteiger partial charge in [-0.1, -0.05) is 30.3 Å². The predicted molar refractivity (Wildman–Crippen MR) is 63.6 cm³/mol. The maximum atomic E-state index is 12.7. The van der Waals surface area contributed by atoms with Gasteiger partial charge >= 0.3 is 6.18 Å². The van der Waals surface area contributed by atoms with Crippen molar-refractivity contribution >= 4 is 15.9 Å². The minimum absolute atomic E-state index is 0.0477. The van der Waals surface area contributed by atoms with Crippen LogP contribution < -0.4 is 0 Å². The summed E-state index contributed by atoms with van der Waals surface area (Å²) in [6.45, 7) is 0. The van der Waals surface area contributed by atoms with Gasteiger partial charge in [0.1, 0.15) is 11.8 Å². The number of halogens is 4. The van der Waals surface area contributed by atoms with E-state index in [0.29, 0.717) is 5.56 Å². The van der Waals surface area contributed by atoms with E-state index in [1.807, 2.05) is 0 Å². The van der Waals surface area contributed by atoms with Crippen LogP contribution in [0.1, 0.15) is 11.3 Å². The second-order valence-corrected chi connectivity index (χ2v) is 4.33. The Labute approximate surface area is 109 Å². The highest BCUT2D eigenvalue weighted by Gasteiger charge is 2.37. The number of nitrogens with one attached hydrogen (secondary N) is 1. The largest absolute Gasteiger partial charge is 0.432 e. The molecule has 92 valence electrons. The van der Waals surface area contributed by atoms with Crippen molar-refractivity contribution in [1.29, 1.82) is 5.26 Å². The first-order chi connectivity index (χ1) is 8.45. The molecule has 2 nitrogen and oxygen atoms in total. The van der Waals surface area contributed by atoms with Crippen molar-refractivity contribution < 1.29 is 13.2 Å². The lowest BCUT2D eigenvalue weighted by Crippen LogP contribution is -2.06. The van der Waals surface area contributed by atoms with Crippen LogP contribution in [0.2, 0.25) is 0 Å². The van der Waals surface area contributed by atoms with E-state index >= 15 is 0 Å². The molecule has 0 unspecified atom stereocenters. The highest BCUT2D eigenvalue weighted by atomic mass is 79.9. The summed E-state index contributed by atoms with van der Waals surface area (Å²) in [5.41, 5.74) is -0.297. The molecule has 0 aliphatic heterocycles. The SMILES string of the molecule is N#Cc1c(-c2ccccc2)[nH]c(C(F)(F)F)c1Br. The van der Waals surface area contributed by atoms with Crippen LogP contribution >= 0.6 is 15.9 Å². The Morgan fingerprint density at radius 1 is 1.17 bits per heavy atom. The Kier molecular flexibility index (Phi) is 3.18. The smallest absolute Gasteiger partial charge is 0.349 e.